The number of amides is 2. The van der Waals surface area contributed by atoms with Crippen LogP contribution in [0.25, 0.3) is 0 Å². The van der Waals surface area contributed by atoms with E-state index in [9.17, 15) is 9.59 Å². The molecule has 0 aliphatic carbocycles. The van der Waals surface area contributed by atoms with Crippen LogP contribution in [-0.4, -0.2) is 46.3 Å². The van der Waals surface area contributed by atoms with Gasteiger partial charge in [0.2, 0.25) is 11.8 Å². The third-order valence-corrected chi connectivity index (χ3v) is 3.95. The summed E-state index contributed by atoms with van der Waals surface area (Å²) in [5.41, 5.74) is 0.730. The molecule has 2 rings (SSSR count). The molecule has 1 aromatic rings. The van der Waals surface area contributed by atoms with Gasteiger partial charge in [0, 0.05) is 37.8 Å². The van der Waals surface area contributed by atoms with E-state index >= 15 is 0 Å². The van der Waals surface area contributed by atoms with Crippen LogP contribution in [-0.2, 0) is 16.6 Å². The van der Waals surface area contributed by atoms with Gasteiger partial charge in [0.15, 0.2) is 0 Å². The molecule has 0 spiro atoms. The minimum Gasteiger partial charge on any atom is -0.350 e. The minimum absolute atomic E-state index is 0. The van der Waals surface area contributed by atoms with Crippen LogP contribution < -0.4 is 16.0 Å². The Hall–Kier alpha value is -1.60. The molecule has 0 saturated carbocycles. The van der Waals surface area contributed by atoms with Gasteiger partial charge in [-0.1, -0.05) is 0 Å². The summed E-state index contributed by atoms with van der Waals surface area (Å²) in [7, 11) is 1.86. The summed E-state index contributed by atoms with van der Waals surface area (Å²) in [6.45, 7) is 8.81. The topological polar surface area (TPSA) is 88.1 Å². The highest BCUT2D eigenvalue weighted by Crippen LogP contribution is 2.27. The van der Waals surface area contributed by atoms with Gasteiger partial charge in [0.1, 0.15) is 6.04 Å². The monoisotopic (exact) mass is 357 g/mol. The zero-order valence-electron chi connectivity index (χ0n) is 14.9. The zero-order valence-corrected chi connectivity index (χ0v) is 15.7. The summed E-state index contributed by atoms with van der Waals surface area (Å²) in [6.07, 6.45) is 3.74. The molecule has 1 unspecified atom stereocenters. The van der Waals surface area contributed by atoms with Crippen molar-refractivity contribution in [2.24, 2.45) is 13.0 Å². The second-order valence-electron chi connectivity index (χ2n) is 7.29. The highest BCUT2D eigenvalue weighted by molar-refractivity contribution is 5.89. The molecule has 0 aromatic carbocycles. The van der Waals surface area contributed by atoms with Crippen LogP contribution in [0.1, 0.15) is 39.2 Å². The van der Waals surface area contributed by atoms with Crippen molar-refractivity contribution in [3.8, 4) is 0 Å². The molecule has 0 bridgehead atoms. The van der Waals surface area contributed by atoms with E-state index < -0.39 is 6.04 Å². The lowest BCUT2D eigenvalue weighted by Crippen LogP contribution is -2.52. The Balaban J connectivity index is 0.00000288. The normalized spacial score (nSPS) is 21.7. The molecule has 24 heavy (non-hydrogen) atoms. The van der Waals surface area contributed by atoms with E-state index in [-0.39, 0.29) is 41.6 Å². The lowest BCUT2D eigenvalue weighted by Gasteiger charge is -2.25. The van der Waals surface area contributed by atoms with Crippen molar-refractivity contribution in [1.29, 1.82) is 0 Å². The number of nitrogens with one attached hydrogen (secondary N) is 3. The Kier molecular flexibility index (Phi) is 6.80. The lowest BCUT2D eigenvalue weighted by atomic mass is 9.90. The molecule has 1 aliphatic heterocycles. The number of carbonyl (C=O) groups is 2. The number of hydrogen-bond acceptors (Lipinski definition) is 4. The average Bonchev–Trinajstić information content (AvgIpc) is 3.04. The number of nitrogens with zero attached hydrogens (tertiary/aromatic N) is 2. The average molecular weight is 358 g/mol. The van der Waals surface area contributed by atoms with E-state index in [1.165, 1.54) is 0 Å². The highest BCUT2D eigenvalue weighted by atomic mass is 35.5. The maximum atomic E-state index is 12.6. The van der Waals surface area contributed by atoms with E-state index in [0.717, 1.165) is 12.1 Å². The van der Waals surface area contributed by atoms with Crippen molar-refractivity contribution < 1.29 is 9.59 Å². The fourth-order valence-electron chi connectivity index (χ4n) is 2.80. The number of aryl methyl sites for hydroxylation is 1. The molecule has 136 valence electrons. The molecule has 1 fully saturated rings. The first-order valence-corrected chi connectivity index (χ1v) is 7.99. The number of hydrogen-bond donors (Lipinski definition) is 3. The third kappa shape index (κ3) is 5.21. The molecule has 0 radical (unpaired) electrons. The van der Waals surface area contributed by atoms with Crippen LogP contribution in [0.3, 0.4) is 0 Å². The maximum absolute atomic E-state index is 12.6. The zero-order chi connectivity index (χ0) is 17.2. The number of carbonyl (C=O) groups excluding carboxylic acids is 2. The summed E-state index contributed by atoms with van der Waals surface area (Å²) >= 11 is 0. The van der Waals surface area contributed by atoms with Crippen LogP contribution in [0, 0.1) is 5.92 Å². The predicted molar refractivity (Wildman–Crippen MR) is 95.1 cm³/mol. The Morgan fingerprint density at radius 2 is 2.04 bits per heavy atom. The van der Waals surface area contributed by atoms with Gasteiger partial charge in [-0.05, 0) is 33.3 Å². The molecular formula is C16H28ClN5O2. The van der Waals surface area contributed by atoms with Gasteiger partial charge < -0.3 is 16.0 Å². The first kappa shape index (κ1) is 20.4. The van der Waals surface area contributed by atoms with Crippen molar-refractivity contribution >= 4 is 24.2 Å². The van der Waals surface area contributed by atoms with Crippen molar-refractivity contribution in [2.75, 3.05) is 13.1 Å². The SMILES string of the molecule is CC(NC(=O)[C@H]1CNC[C@@H]1c1cnn(C)c1)C(=O)NC(C)(C)C.Cl. The van der Waals surface area contributed by atoms with Crippen molar-refractivity contribution in [3.63, 3.8) is 0 Å². The predicted octanol–water partition coefficient (Wildman–Crippen LogP) is 0.564. The van der Waals surface area contributed by atoms with Gasteiger partial charge in [0.25, 0.3) is 0 Å². The van der Waals surface area contributed by atoms with Gasteiger partial charge in [-0.15, -0.1) is 12.4 Å². The van der Waals surface area contributed by atoms with Crippen LogP contribution in [0.5, 0.6) is 0 Å². The van der Waals surface area contributed by atoms with E-state index in [0.29, 0.717) is 6.54 Å². The van der Waals surface area contributed by atoms with Crippen LogP contribution >= 0.6 is 12.4 Å². The van der Waals surface area contributed by atoms with Gasteiger partial charge in [-0.2, -0.15) is 5.10 Å². The molecule has 1 aromatic heterocycles. The fourth-order valence-corrected chi connectivity index (χ4v) is 2.80. The molecular weight excluding hydrogens is 330 g/mol. The van der Waals surface area contributed by atoms with E-state index in [4.69, 9.17) is 0 Å². The highest BCUT2D eigenvalue weighted by Gasteiger charge is 2.35. The Morgan fingerprint density at radius 1 is 1.38 bits per heavy atom. The van der Waals surface area contributed by atoms with E-state index in [1.807, 2.05) is 34.0 Å². The molecule has 8 heteroatoms. The summed E-state index contributed by atoms with van der Waals surface area (Å²) in [6, 6.07) is -0.558. The minimum atomic E-state index is -0.558. The fraction of sp³-hybridized carbons (Fsp3) is 0.688. The molecule has 1 saturated heterocycles. The molecule has 3 N–H and O–H groups in total. The molecule has 7 nitrogen and oxygen atoms in total. The Bertz CT molecular complexity index is 581. The van der Waals surface area contributed by atoms with Crippen molar-refractivity contribution in [3.05, 3.63) is 18.0 Å². The van der Waals surface area contributed by atoms with E-state index in [2.05, 4.69) is 21.0 Å². The second-order valence-corrected chi connectivity index (χ2v) is 7.29. The quantitative estimate of drug-likeness (QED) is 0.735. The van der Waals surface area contributed by atoms with Crippen LogP contribution in [0.15, 0.2) is 12.4 Å². The number of aromatic nitrogens is 2. The molecule has 2 amide bonds. The summed E-state index contributed by atoms with van der Waals surface area (Å²) in [5, 5.41) is 13.1. The number of rotatable bonds is 4. The first-order valence-electron chi connectivity index (χ1n) is 7.99. The van der Waals surface area contributed by atoms with Gasteiger partial charge in [0.05, 0.1) is 12.1 Å². The summed E-state index contributed by atoms with van der Waals surface area (Å²) in [5.74, 6) is -0.374. The summed E-state index contributed by atoms with van der Waals surface area (Å²) < 4.78 is 1.74. The smallest absolute Gasteiger partial charge is 0.242 e. The molecule has 3 atom stereocenters. The standard InChI is InChI=1S/C16H27N5O2.ClH/c1-10(14(22)20-16(2,3)4)19-15(23)13-8-17-7-12(13)11-6-18-21(5)9-11;/h6,9-10,12-13,17H,7-8H2,1-5H3,(H,19,23)(H,20,22);1H/t10?,12-,13+;/m1./s1. The summed E-state index contributed by atoms with van der Waals surface area (Å²) in [4.78, 5) is 24.7. The van der Waals surface area contributed by atoms with E-state index in [1.54, 1.807) is 17.8 Å². The van der Waals surface area contributed by atoms with Crippen molar-refractivity contribution in [2.45, 2.75) is 45.2 Å². The second kappa shape index (κ2) is 7.98. The van der Waals surface area contributed by atoms with Gasteiger partial charge in [-0.25, -0.2) is 0 Å². The maximum Gasteiger partial charge on any atom is 0.242 e. The largest absolute Gasteiger partial charge is 0.350 e. The van der Waals surface area contributed by atoms with Crippen LogP contribution in [0.4, 0.5) is 0 Å². The van der Waals surface area contributed by atoms with Crippen molar-refractivity contribution in [1.82, 2.24) is 25.7 Å². The molecule has 1 aliphatic rings. The molecule has 2 heterocycles. The lowest BCUT2D eigenvalue weighted by molar-refractivity contribution is -0.131. The van der Waals surface area contributed by atoms with Crippen LogP contribution in [0.2, 0.25) is 0 Å². The Labute approximate surface area is 149 Å². The third-order valence-electron chi connectivity index (χ3n) is 3.95. The van der Waals surface area contributed by atoms with Gasteiger partial charge in [-0.3, -0.25) is 14.3 Å². The number of halogens is 1. The van der Waals surface area contributed by atoms with Gasteiger partial charge >= 0.3 is 0 Å². The first-order chi connectivity index (χ1) is 10.7. The Morgan fingerprint density at radius 3 is 2.58 bits per heavy atom.